The Morgan fingerprint density at radius 2 is 1.49 bits per heavy atom. The molecule has 0 atom stereocenters. The first kappa shape index (κ1) is 25.7. The number of hydrogen-bond donors (Lipinski definition) is 3. The second-order valence-corrected chi connectivity index (χ2v) is 10.4. The molecule has 3 N–H and O–H groups in total. The number of para-hydroxylation sites is 1. The van der Waals surface area contributed by atoms with E-state index in [2.05, 4.69) is 15.4 Å². The Kier molecular flexibility index (Phi) is 7.16. The van der Waals surface area contributed by atoms with E-state index in [1.165, 1.54) is 12.1 Å². The van der Waals surface area contributed by atoms with E-state index in [9.17, 15) is 18.0 Å². The van der Waals surface area contributed by atoms with Gasteiger partial charge in [-0.15, -0.1) is 0 Å². The lowest BCUT2D eigenvalue weighted by Gasteiger charge is -2.15. The summed E-state index contributed by atoms with van der Waals surface area (Å²) in [6.07, 6.45) is 0. The van der Waals surface area contributed by atoms with E-state index in [1.54, 1.807) is 67.6 Å². The van der Waals surface area contributed by atoms with Crippen LogP contribution in [0.2, 0.25) is 0 Å². The minimum Gasteiger partial charge on any atom is -0.462 e. The van der Waals surface area contributed by atoms with Crippen LogP contribution in [0.4, 0.5) is 17.1 Å². The zero-order chi connectivity index (χ0) is 27.4. The first-order chi connectivity index (χ1) is 18.9. The smallest absolute Gasteiger partial charge is 0.338 e. The molecule has 0 radical (unpaired) electrons. The summed E-state index contributed by atoms with van der Waals surface area (Å²) in [5.41, 5.74) is 3.92. The normalized spacial score (nSPS) is 13.7. The maximum atomic E-state index is 13.3. The number of anilines is 3. The van der Waals surface area contributed by atoms with Gasteiger partial charge in [0.15, 0.2) is 0 Å². The number of rotatable bonds is 8. The lowest BCUT2D eigenvalue weighted by atomic mass is 10.00. The monoisotopic (exact) mass is 539 g/mol. The zero-order valence-corrected chi connectivity index (χ0v) is 21.8. The van der Waals surface area contributed by atoms with Gasteiger partial charge in [0.2, 0.25) is 0 Å². The number of nitrogens with one attached hydrogen (secondary N) is 3. The molecule has 1 aliphatic heterocycles. The number of amides is 1. The van der Waals surface area contributed by atoms with Crippen molar-refractivity contribution < 1.29 is 22.7 Å². The van der Waals surface area contributed by atoms with Crippen LogP contribution in [0.3, 0.4) is 0 Å². The van der Waals surface area contributed by atoms with Gasteiger partial charge in [0, 0.05) is 22.6 Å². The van der Waals surface area contributed by atoms with E-state index in [0.29, 0.717) is 39.5 Å². The number of carbonyl (C=O) groups is 2. The van der Waals surface area contributed by atoms with Gasteiger partial charge in [-0.05, 0) is 67.1 Å². The largest absolute Gasteiger partial charge is 0.462 e. The predicted octanol–water partition coefficient (Wildman–Crippen LogP) is 5.60. The van der Waals surface area contributed by atoms with Gasteiger partial charge < -0.3 is 15.4 Å². The van der Waals surface area contributed by atoms with Gasteiger partial charge in [0.25, 0.3) is 15.9 Å². The fourth-order valence-corrected chi connectivity index (χ4v) is 5.30. The molecule has 5 rings (SSSR count). The molecule has 0 aliphatic carbocycles. The molecule has 1 heterocycles. The van der Waals surface area contributed by atoms with E-state index < -0.39 is 16.0 Å². The van der Waals surface area contributed by atoms with Gasteiger partial charge in [0.05, 0.1) is 28.3 Å². The van der Waals surface area contributed by atoms with Crippen LogP contribution in [0.5, 0.6) is 0 Å². The van der Waals surface area contributed by atoms with Gasteiger partial charge in [-0.2, -0.15) is 0 Å². The van der Waals surface area contributed by atoms with Crippen molar-refractivity contribution in [1.29, 1.82) is 0 Å². The Bertz CT molecular complexity index is 1670. The van der Waals surface area contributed by atoms with Crippen molar-refractivity contribution in [1.82, 2.24) is 0 Å². The highest BCUT2D eigenvalue weighted by molar-refractivity contribution is 7.92. The second-order valence-electron chi connectivity index (χ2n) is 8.67. The van der Waals surface area contributed by atoms with Crippen LogP contribution in [0, 0.1) is 0 Å². The van der Waals surface area contributed by atoms with Crippen molar-refractivity contribution in [2.75, 3.05) is 22.0 Å². The van der Waals surface area contributed by atoms with E-state index in [0.717, 1.165) is 5.56 Å². The third kappa shape index (κ3) is 5.53. The SMILES string of the molecule is CCOC(=O)c1ccc(N/C(=C2\C(=O)Nc3ccc(S(=O)(=O)Nc4ccccc4)cc32)c2ccccc2)cc1. The van der Waals surface area contributed by atoms with Crippen molar-refractivity contribution in [3.63, 3.8) is 0 Å². The van der Waals surface area contributed by atoms with Crippen LogP contribution in [0.25, 0.3) is 11.3 Å². The fourth-order valence-electron chi connectivity index (χ4n) is 4.21. The van der Waals surface area contributed by atoms with Crippen molar-refractivity contribution in [2.24, 2.45) is 0 Å². The fraction of sp³-hybridized carbons (Fsp3) is 0.0667. The summed E-state index contributed by atoms with van der Waals surface area (Å²) in [4.78, 5) is 25.3. The Labute approximate surface area is 226 Å². The maximum absolute atomic E-state index is 13.3. The molecule has 9 heteroatoms. The molecule has 0 aromatic heterocycles. The molecule has 8 nitrogen and oxygen atoms in total. The zero-order valence-electron chi connectivity index (χ0n) is 21.0. The second kappa shape index (κ2) is 10.8. The minimum absolute atomic E-state index is 0.0188. The van der Waals surface area contributed by atoms with Crippen LogP contribution >= 0.6 is 0 Å². The molecule has 0 saturated heterocycles. The number of fused-ring (bicyclic) bond motifs is 1. The summed E-state index contributed by atoms with van der Waals surface area (Å²) in [7, 11) is -3.92. The summed E-state index contributed by atoms with van der Waals surface area (Å²) in [5, 5.41) is 6.14. The molecule has 39 heavy (non-hydrogen) atoms. The lowest BCUT2D eigenvalue weighted by Crippen LogP contribution is -2.13. The standard InChI is InChI=1S/C30H25N3O5S/c1-2-38-30(35)21-13-15-22(16-14-21)31-28(20-9-5-3-6-10-20)27-25-19-24(17-18-26(25)32-29(27)34)39(36,37)33-23-11-7-4-8-12-23/h3-19,31,33H,2H2,1H3,(H,32,34)/b28-27-. The Balaban J connectivity index is 1.57. The average Bonchev–Trinajstić information content (AvgIpc) is 3.27. The van der Waals surface area contributed by atoms with E-state index in [4.69, 9.17) is 4.74 Å². The van der Waals surface area contributed by atoms with Gasteiger partial charge >= 0.3 is 5.97 Å². The minimum atomic E-state index is -3.92. The Morgan fingerprint density at radius 3 is 2.15 bits per heavy atom. The molecule has 0 bridgehead atoms. The molecule has 0 spiro atoms. The summed E-state index contributed by atoms with van der Waals surface area (Å²) >= 11 is 0. The van der Waals surface area contributed by atoms with Gasteiger partial charge in [0.1, 0.15) is 0 Å². The van der Waals surface area contributed by atoms with Crippen LogP contribution in [-0.4, -0.2) is 26.9 Å². The van der Waals surface area contributed by atoms with Gasteiger partial charge in [-0.1, -0.05) is 48.5 Å². The maximum Gasteiger partial charge on any atom is 0.338 e. The summed E-state index contributed by atoms with van der Waals surface area (Å²) in [5.74, 6) is -0.794. The van der Waals surface area contributed by atoms with Crippen molar-refractivity contribution in [3.05, 3.63) is 120 Å². The van der Waals surface area contributed by atoms with E-state index >= 15 is 0 Å². The van der Waals surface area contributed by atoms with E-state index in [-0.39, 0.29) is 17.4 Å². The average molecular weight is 540 g/mol. The van der Waals surface area contributed by atoms with Crippen molar-refractivity contribution in [3.8, 4) is 0 Å². The topological polar surface area (TPSA) is 114 Å². The number of ether oxygens (including phenoxy) is 1. The summed E-state index contributed by atoms with van der Waals surface area (Å²) in [6, 6.07) is 29.1. The third-order valence-corrected chi connectivity index (χ3v) is 7.43. The molecule has 4 aromatic carbocycles. The van der Waals surface area contributed by atoms with E-state index in [1.807, 2.05) is 30.3 Å². The van der Waals surface area contributed by atoms with Crippen molar-refractivity contribution in [2.45, 2.75) is 11.8 Å². The van der Waals surface area contributed by atoms with Crippen LogP contribution in [0.1, 0.15) is 28.4 Å². The van der Waals surface area contributed by atoms with Gasteiger partial charge in [-0.3, -0.25) is 9.52 Å². The molecular formula is C30H25N3O5S. The van der Waals surface area contributed by atoms with Crippen LogP contribution in [-0.2, 0) is 19.6 Å². The predicted molar refractivity (Wildman–Crippen MR) is 152 cm³/mol. The molecule has 1 aliphatic rings. The molecule has 0 unspecified atom stereocenters. The highest BCUT2D eigenvalue weighted by atomic mass is 32.2. The number of sulfonamides is 1. The first-order valence-electron chi connectivity index (χ1n) is 12.2. The molecule has 196 valence electrons. The first-order valence-corrected chi connectivity index (χ1v) is 13.7. The Morgan fingerprint density at radius 1 is 0.821 bits per heavy atom. The molecule has 0 fully saturated rings. The summed E-state index contributed by atoms with van der Waals surface area (Å²) in [6.45, 7) is 2.02. The number of esters is 1. The third-order valence-electron chi connectivity index (χ3n) is 6.05. The summed E-state index contributed by atoms with van der Waals surface area (Å²) < 4.78 is 34.0. The Hall–Kier alpha value is -4.89. The number of benzene rings is 4. The van der Waals surface area contributed by atoms with Crippen LogP contribution in [0.15, 0.2) is 108 Å². The molecular weight excluding hydrogens is 514 g/mol. The number of carbonyl (C=O) groups excluding carboxylic acids is 2. The highest BCUT2D eigenvalue weighted by Gasteiger charge is 2.30. The van der Waals surface area contributed by atoms with Crippen molar-refractivity contribution >= 4 is 50.2 Å². The number of hydrogen-bond acceptors (Lipinski definition) is 6. The molecule has 4 aromatic rings. The van der Waals surface area contributed by atoms with Crippen LogP contribution < -0.4 is 15.4 Å². The highest BCUT2D eigenvalue weighted by Crippen LogP contribution is 2.39. The van der Waals surface area contributed by atoms with Gasteiger partial charge in [-0.25, -0.2) is 13.2 Å². The quantitative estimate of drug-likeness (QED) is 0.199. The molecule has 1 amide bonds. The lowest BCUT2D eigenvalue weighted by molar-refractivity contribution is -0.110. The molecule has 0 saturated carbocycles.